The number of fused-ring (bicyclic) bond motifs is 1. The summed E-state index contributed by atoms with van der Waals surface area (Å²) in [6.07, 6.45) is 6.36. The van der Waals surface area contributed by atoms with E-state index in [9.17, 15) is 4.39 Å². The Balaban J connectivity index is 1.98. The number of hydrogen-bond donors (Lipinski definition) is 0. The Bertz CT molecular complexity index is 984. The van der Waals surface area contributed by atoms with Gasteiger partial charge in [-0.25, -0.2) is 4.39 Å². The zero-order chi connectivity index (χ0) is 20.1. The number of benzene rings is 2. The summed E-state index contributed by atoms with van der Waals surface area (Å²) in [5.41, 5.74) is 2.58. The van der Waals surface area contributed by atoms with Gasteiger partial charge in [0.05, 0.1) is 12.8 Å². The van der Waals surface area contributed by atoms with Crippen LogP contribution in [0.5, 0.6) is 5.75 Å². The molecule has 148 valence electrons. The van der Waals surface area contributed by atoms with E-state index < -0.39 is 0 Å². The lowest BCUT2D eigenvalue weighted by Crippen LogP contribution is -2.35. The molecule has 3 nitrogen and oxygen atoms in total. The molecule has 0 aliphatic heterocycles. The van der Waals surface area contributed by atoms with Crippen molar-refractivity contribution in [3.05, 3.63) is 52.8 Å². The number of alkyl halides is 1. The van der Waals surface area contributed by atoms with Gasteiger partial charge in [-0.05, 0) is 46.8 Å². The molecule has 3 aromatic rings. The lowest BCUT2D eigenvalue weighted by Gasteiger charge is -2.13. The zero-order valence-electron chi connectivity index (χ0n) is 16.4. The summed E-state index contributed by atoms with van der Waals surface area (Å²) >= 11 is 4.15. The molecule has 1 heterocycles. The highest BCUT2D eigenvalue weighted by Crippen LogP contribution is 2.29. The smallest absolute Gasteiger partial charge is 0.266 e. The number of nitrogens with zero attached hydrogens (tertiary/aromatic N) is 2. The van der Waals surface area contributed by atoms with Crippen LogP contribution in [-0.2, 0) is 6.54 Å². The van der Waals surface area contributed by atoms with E-state index in [1.54, 1.807) is 29.4 Å². The Morgan fingerprint density at radius 2 is 2.00 bits per heavy atom. The molecule has 0 aliphatic carbocycles. The Hall–Kier alpha value is -1.67. The van der Waals surface area contributed by atoms with Gasteiger partial charge >= 0.3 is 0 Å². The summed E-state index contributed by atoms with van der Waals surface area (Å²) < 4.78 is 24.6. The fourth-order valence-corrected chi connectivity index (χ4v) is 4.81. The minimum absolute atomic E-state index is 0.208. The number of para-hydroxylation sites is 1. The molecule has 0 spiro atoms. The molecule has 0 atom stereocenters. The van der Waals surface area contributed by atoms with Crippen LogP contribution in [0.2, 0.25) is 0 Å². The number of halogens is 2. The summed E-state index contributed by atoms with van der Waals surface area (Å²) in [5, 5.41) is 1.14. The molecule has 28 heavy (non-hydrogen) atoms. The van der Waals surface area contributed by atoms with Crippen LogP contribution in [0.25, 0.3) is 22.4 Å². The van der Waals surface area contributed by atoms with E-state index >= 15 is 0 Å². The summed E-state index contributed by atoms with van der Waals surface area (Å²) in [6, 6.07) is 11.5. The van der Waals surface area contributed by atoms with E-state index in [4.69, 9.17) is 4.74 Å². The second-order valence-corrected chi connectivity index (χ2v) is 8.87. The van der Waals surface area contributed by atoms with E-state index in [1.165, 1.54) is 11.1 Å². The average molecular weight is 511 g/mol. The van der Waals surface area contributed by atoms with E-state index in [-0.39, 0.29) is 5.82 Å². The molecular weight excluding hydrogens is 486 g/mol. The van der Waals surface area contributed by atoms with Crippen molar-refractivity contribution in [3.8, 4) is 5.75 Å². The molecule has 0 aliphatic rings. The van der Waals surface area contributed by atoms with Crippen molar-refractivity contribution in [2.24, 2.45) is 0 Å². The highest BCUT2D eigenvalue weighted by Gasteiger charge is 2.22. The van der Waals surface area contributed by atoms with Crippen molar-refractivity contribution in [1.29, 1.82) is 0 Å². The highest BCUT2D eigenvalue weighted by molar-refractivity contribution is 14.1. The van der Waals surface area contributed by atoms with Crippen LogP contribution in [0.1, 0.15) is 23.4 Å². The van der Waals surface area contributed by atoms with E-state index in [0.29, 0.717) is 5.69 Å². The zero-order valence-corrected chi connectivity index (χ0v) is 19.4. The normalized spacial score (nSPS) is 11.5. The minimum Gasteiger partial charge on any atom is -0.490 e. The molecule has 2 aromatic carbocycles. The standard InChI is InChI=1S/C22H25FIN2OS/c1-25(2)18-11-9-16(15-17(18)23)10-12-21-26(14-5-4-13-24)22-19(27-3)7-6-8-20(22)28-21/h6-12,15H,4-5,13-14H2,1-3H3/q+1. The average Bonchev–Trinajstić information content (AvgIpc) is 3.04. The Labute approximate surface area is 183 Å². The maximum Gasteiger partial charge on any atom is 0.266 e. The second-order valence-electron chi connectivity index (χ2n) is 6.73. The van der Waals surface area contributed by atoms with Gasteiger partial charge in [0.15, 0.2) is 12.3 Å². The summed E-state index contributed by atoms with van der Waals surface area (Å²) in [6.45, 7) is 0.941. The molecule has 3 rings (SSSR count). The van der Waals surface area contributed by atoms with Gasteiger partial charge in [0.2, 0.25) is 0 Å². The van der Waals surface area contributed by atoms with Crippen molar-refractivity contribution < 1.29 is 13.7 Å². The number of hydrogen-bond acceptors (Lipinski definition) is 3. The first-order valence-corrected chi connectivity index (χ1v) is 11.6. The van der Waals surface area contributed by atoms with Crippen molar-refractivity contribution in [2.45, 2.75) is 19.4 Å². The molecule has 0 fully saturated rings. The number of anilines is 1. The van der Waals surface area contributed by atoms with Crippen LogP contribution < -0.4 is 14.2 Å². The van der Waals surface area contributed by atoms with Crippen molar-refractivity contribution in [2.75, 3.05) is 30.5 Å². The van der Waals surface area contributed by atoms with Crippen LogP contribution in [0.15, 0.2) is 36.4 Å². The summed E-state index contributed by atoms with van der Waals surface area (Å²) in [7, 11) is 5.40. The Morgan fingerprint density at radius 1 is 1.18 bits per heavy atom. The van der Waals surface area contributed by atoms with Gasteiger partial charge in [-0.1, -0.05) is 46.1 Å². The number of methoxy groups -OCH3 is 1. The summed E-state index contributed by atoms with van der Waals surface area (Å²) in [4.78, 5) is 1.78. The summed E-state index contributed by atoms with van der Waals surface area (Å²) in [5.74, 6) is 0.685. The quantitative estimate of drug-likeness (QED) is 0.165. The Morgan fingerprint density at radius 3 is 2.68 bits per heavy atom. The third-order valence-corrected chi connectivity index (χ3v) is 6.45. The lowest BCUT2D eigenvalue weighted by molar-refractivity contribution is -0.669. The highest BCUT2D eigenvalue weighted by atomic mass is 127. The van der Waals surface area contributed by atoms with Crippen LogP contribution in [0.4, 0.5) is 10.1 Å². The van der Waals surface area contributed by atoms with E-state index in [0.717, 1.165) is 39.2 Å². The third-order valence-electron chi connectivity index (χ3n) is 4.57. The van der Waals surface area contributed by atoms with Crippen LogP contribution >= 0.6 is 33.9 Å². The van der Waals surface area contributed by atoms with Crippen LogP contribution in [-0.4, -0.2) is 25.6 Å². The molecule has 0 saturated heterocycles. The molecule has 0 amide bonds. The first-order valence-electron chi connectivity index (χ1n) is 9.25. The monoisotopic (exact) mass is 511 g/mol. The van der Waals surface area contributed by atoms with Gasteiger partial charge in [0.1, 0.15) is 10.5 Å². The number of rotatable bonds is 8. The predicted octanol–water partition coefficient (Wildman–Crippen LogP) is 5.79. The number of ether oxygens (including phenoxy) is 1. The number of thiazole rings is 1. The van der Waals surface area contributed by atoms with Gasteiger partial charge in [-0.3, -0.25) is 0 Å². The van der Waals surface area contributed by atoms with Gasteiger partial charge in [-0.2, -0.15) is 4.57 Å². The molecule has 6 heteroatoms. The Kier molecular flexibility index (Phi) is 7.29. The minimum atomic E-state index is -0.208. The first-order chi connectivity index (χ1) is 13.5. The third kappa shape index (κ3) is 4.66. The van der Waals surface area contributed by atoms with Crippen LogP contribution in [0, 0.1) is 5.82 Å². The van der Waals surface area contributed by atoms with E-state index in [2.05, 4.69) is 39.3 Å². The predicted molar refractivity (Wildman–Crippen MR) is 126 cm³/mol. The number of aromatic nitrogens is 1. The van der Waals surface area contributed by atoms with Crippen LogP contribution in [0.3, 0.4) is 0 Å². The maximum absolute atomic E-state index is 14.3. The fraction of sp³-hybridized carbons (Fsp3) is 0.318. The molecule has 0 saturated carbocycles. The molecular formula is C22H25FIN2OS+. The molecule has 0 unspecified atom stereocenters. The number of aryl methyl sites for hydroxylation is 1. The second kappa shape index (κ2) is 9.69. The molecule has 1 aromatic heterocycles. The number of unbranched alkanes of at least 4 members (excludes halogenated alkanes) is 1. The first kappa shape index (κ1) is 21.0. The fourth-order valence-electron chi connectivity index (χ4n) is 3.16. The molecule has 0 radical (unpaired) electrons. The maximum atomic E-state index is 14.3. The van der Waals surface area contributed by atoms with Crippen molar-refractivity contribution in [3.63, 3.8) is 0 Å². The van der Waals surface area contributed by atoms with Gasteiger partial charge < -0.3 is 9.64 Å². The molecule has 0 bridgehead atoms. The van der Waals surface area contributed by atoms with Crippen molar-refractivity contribution in [1.82, 2.24) is 0 Å². The van der Waals surface area contributed by atoms with Crippen molar-refractivity contribution >= 4 is 62.0 Å². The van der Waals surface area contributed by atoms with Gasteiger partial charge in [-0.15, -0.1) is 0 Å². The van der Waals surface area contributed by atoms with E-state index in [1.807, 2.05) is 44.4 Å². The largest absolute Gasteiger partial charge is 0.490 e. The molecule has 0 N–H and O–H groups in total. The SMILES string of the molecule is COc1cccc2sc(/C=C/c3ccc(N(C)C)c(F)c3)[n+](CCCCI)c12. The van der Waals surface area contributed by atoms with Gasteiger partial charge in [0, 0.05) is 26.6 Å². The van der Waals surface area contributed by atoms with Gasteiger partial charge in [0.25, 0.3) is 10.5 Å². The lowest BCUT2D eigenvalue weighted by atomic mass is 10.1. The topological polar surface area (TPSA) is 16.4 Å².